The lowest BCUT2D eigenvalue weighted by Crippen LogP contribution is -2.26. The summed E-state index contributed by atoms with van der Waals surface area (Å²) in [4.78, 5) is 4.84. The van der Waals surface area contributed by atoms with Crippen LogP contribution in [0.3, 0.4) is 0 Å². The molecule has 176 valence electrons. The van der Waals surface area contributed by atoms with E-state index >= 15 is 0 Å². The molecule has 1 aliphatic rings. The number of benzene rings is 3. The SMILES string of the molecule is Cc1cc(C)n(-c2cccc(Oc3ccc4c5cccc6c5n(c4c3)-c3ncccc3C6(C)C)c2)n1. The summed E-state index contributed by atoms with van der Waals surface area (Å²) in [5.41, 5.74) is 7.81. The Hall–Kier alpha value is -4.38. The summed E-state index contributed by atoms with van der Waals surface area (Å²) in [6, 6.07) is 27.3. The standard InChI is InChI=1S/C31H26N4O/c1-19-16-20(2)35(33-19)21-8-5-9-22(17-21)36-23-13-14-24-25-10-6-11-26-29(25)34(28(24)18-23)30-27(31(26,3)4)12-7-15-32-30/h5-18H,1-4H3. The van der Waals surface area contributed by atoms with E-state index in [4.69, 9.17) is 9.72 Å². The zero-order chi connectivity index (χ0) is 24.6. The van der Waals surface area contributed by atoms with Crippen LogP contribution in [0.1, 0.15) is 36.4 Å². The Morgan fingerprint density at radius 3 is 2.42 bits per heavy atom. The van der Waals surface area contributed by atoms with Gasteiger partial charge in [-0.25, -0.2) is 9.67 Å². The van der Waals surface area contributed by atoms with Gasteiger partial charge in [0.1, 0.15) is 17.3 Å². The zero-order valence-corrected chi connectivity index (χ0v) is 20.8. The number of fused-ring (bicyclic) bond motifs is 5. The van der Waals surface area contributed by atoms with Gasteiger partial charge in [-0.1, -0.05) is 44.2 Å². The van der Waals surface area contributed by atoms with Crippen molar-refractivity contribution in [3.63, 3.8) is 0 Å². The summed E-state index contributed by atoms with van der Waals surface area (Å²) in [6.07, 6.45) is 1.88. The molecule has 6 aromatic rings. The Labute approximate surface area is 209 Å². The number of hydrogen-bond donors (Lipinski definition) is 0. The zero-order valence-electron chi connectivity index (χ0n) is 20.8. The van der Waals surface area contributed by atoms with E-state index in [0.29, 0.717) is 0 Å². The topological polar surface area (TPSA) is 44.9 Å². The van der Waals surface area contributed by atoms with Crippen molar-refractivity contribution in [1.29, 1.82) is 0 Å². The molecule has 0 aliphatic carbocycles. The van der Waals surface area contributed by atoms with Gasteiger partial charge in [0.15, 0.2) is 0 Å². The fourth-order valence-electron chi connectivity index (χ4n) is 5.75. The summed E-state index contributed by atoms with van der Waals surface area (Å²) in [5, 5.41) is 7.05. The Kier molecular flexibility index (Phi) is 4.25. The molecule has 1 aliphatic heterocycles. The number of para-hydroxylation sites is 1. The second-order valence-electron chi connectivity index (χ2n) is 10.2. The van der Waals surface area contributed by atoms with Crippen LogP contribution in [-0.2, 0) is 5.41 Å². The van der Waals surface area contributed by atoms with Crippen LogP contribution in [0.5, 0.6) is 11.5 Å². The summed E-state index contributed by atoms with van der Waals surface area (Å²) in [5.74, 6) is 2.55. The van der Waals surface area contributed by atoms with E-state index in [1.54, 1.807) is 0 Å². The highest BCUT2D eigenvalue weighted by atomic mass is 16.5. The van der Waals surface area contributed by atoms with Crippen LogP contribution in [0.25, 0.3) is 33.3 Å². The van der Waals surface area contributed by atoms with Crippen LogP contribution in [0.4, 0.5) is 0 Å². The van der Waals surface area contributed by atoms with Crippen molar-refractivity contribution in [2.24, 2.45) is 0 Å². The molecule has 0 amide bonds. The van der Waals surface area contributed by atoms with E-state index < -0.39 is 0 Å². The first-order valence-electron chi connectivity index (χ1n) is 12.3. The fourth-order valence-corrected chi connectivity index (χ4v) is 5.75. The lowest BCUT2D eigenvalue weighted by atomic mass is 9.76. The van der Waals surface area contributed by atoms with Crippen molar-refractivity contribution in [3.8, 4) is 23.0 Å². The molecule has 0 unspecified atom stereocenters. The highest BCUT2D eigenvalue weighted by Gasteiger charge is 2.35. The molecule has 5 heteroatoms. The molecule has 3 aromatic heterocycles. The highest BCUT2D eigenvalue weighted by Crippen LogP contribution is 2.47. The largest absolute Gasteiger partial charge is 0.457 e. The van der Waals surface area contributed by atoms with Crippen LogP contribution in [0.2, 0.25) is 0 Å². The number of ether oxygens (including phenoxy) is 1. The molecule has 7 rings (SSSR count). The number of rotatable bonds is 3. The van der Waals surface area contributed by atoms with E-state index in [1.165, 1.54) is 27.4 Å². The van der Waals surface area contributed by atoms with Gasteiger partial charge in [-0.05, 0) is 55.8 Å². The molecule has 0 atom stereocenters. The highest BCUT2D eigenvalue weighted by molar-refractivity contribution is 6.11. The van der Waals surface area contributed by atoms with Crippen LogP contribution < -0.4 is 4.74 Å². The van der Waals surface area contributed by atoms with E-state index in [2.05, 4.69) is 79.0 Å². The van der Waals surface area contributed by atoms with Crippen molar-refractivity contribution in [2.45, 2.75) is 33.1 Å². The van der Waals surface area contributed by atoms with Gasteiger partial charge in [-0.2, -0.15) is 5.10 Å². The van der Waals surface area contributed by atoms with E-state index in [-0.39, 0.29) is 5.41 Å². The normalized spacial score (nSPS) is 13.8. The van der Waals surface area contributed by atoms with Gasteiger partial charge >= 0.3 is 0 Å². The van der Waals surface area contributed by atoms with Crippen molar-refractivity contribution in [2.75, 3.05) is 0 Å². The minimum absolute atomic E-state index is 0.129. The van der Waals surface area contributed by atoms with E-state index in [0.717, 1.165) is 39.9 Å². The van der Waals surface area contributed by atoms with Crippen molar-refractivity contribution in [1.82, 2.24) is 19.3 Å². The minimum Gasteiger partial charge on any atom is -0.457 e. The molecule has 0 radical (unpaired) electrons. The quantitative estimate of drug-likeness (QED) is 0.270. The lowest BCUT2D eigenvalue weighted by Gasteiger charge is -2.33. The average Bonchev–Trinajstić information content (AvgIpc) is 3.39. The van der Waals surface area contributed by atoms with Gasteiger partial charge in [-0.3, -0.25) is 4.57 Å². The molecule has 0 N–H and O–H groups in total. The first kappa shape index (κ1) is 20.9. The number of nitrogens with zero attached hydrogens (tertiary/aromatic N) is 4. The predicted octanol–water partition coefficient (Wildman–Crippen LogP) is 7.41. The van der Waals surface area contributed by atoms with Gasteiger partial charge in [0, 0.05) is 45.8 Å². The van der Waals surface area contributed by atoms with Crippen LogP contribution in [-0.4, -0.2) is 19.3 Å². The third-order valence-corrected chi connectivity index (χ3v) is 7.41. The first-order chi connectivity index (χ1) is 17.4. The Balaban J connectivity index is 1.39. The van der Waals surface area contributed by atoms with Gasteiger partial charge in [0.2, 0.25) is 0 Å². The van der Waals surface area contributed by atoms with Crippen molar-refractivity contribution in [3.05, 3.63) is 108 Å². The number of aryl methyl sites for hydroxylation is 2. The van der Waals surface area contributed by atoms with Crippen molar-refractivity contribution >= 4 is 21.8 Å². The molecule has 0 bridgehead atoms. The molecule has 0 saturated heterocycles. The molecule has 0 saturated carbocycles. The maximum absolute atomic E-state index is 6.39. The summed E-state index contributed by atoms with van der Waals surface area (Å²) in [6.45, 7) is 8.64. The molecule has 5 nitrogen and oxygen atoms in total. The maximum Gasteiger partial charge on any atom is 0.141 e. The molecular weight excluding hydrogens is 444 g/mol. The summed E-state index contributed by atoms with van der Waals surface area (Å²) in [7, 11) is 0. The molecule has 36 heavy (non-hydrogen) atoms. The maximum atomic E-state index is 6.39. The Morgan fingerprint density at radius 1 is 0.778 bits per heavy atom. The summed E-state index contributed by atoms with van der Waals surface area (Å²) >= 11 is 0. The average molecular weight is 471 g/mol. The minimum atomic E-state index is -0.129. The lowest BCUT2D eigenvalue weighted by molar-refractivity contribution is 0.482. The number of pyridine rings is 1. The third-order valence-electron chi connectivity index (χ3n) is 7.41. The molecule has 0 spiro atoms. The second-order valence-corrected chi connectivity index (χ2v) is 10.2. The monoisotopic (exact) mass is 470 g/mol. The van der Waals surface area contributed by atoms with Gasteiger partial charge in [-0.15, -0.1) is 0 Å². The van der Waals surface area contributed by atoms with E-state index in [1.807, 2.05) is 48.1 Å². The van der Waals surface area contributed by atoms with Crippen molar-refractivity contribution < 1.29 is 4.74 Å². The molecule has 0 fully saturated rings. The summed E-state index contributed by atoms with van der Waals surface area (Å²) < 4.78 is 10.6. The Bertz CT molecular complexity index is 1820. The van der Waals surface area contributed by atoms with Crippen LogP contribution >= 0.6 is 0 Å². The number of aromatic nitrogens is 4. The second kappa shape index (κ2) is 7.31. The first-order valence-corrected chi connectivity index (χ1v) is 12.3. The molecular formula is C31H26N4O. The van der Waals surface area contributed by atoms with Gasteiger partial charge in [0.05, 0.1) is 22.4 Å². The fraction of sp³-hybridized carbons (Fsp3) is 0.161. The molecule has 3 aromatic carbocycles. The number of hydrogen-bond acceptors (Lipinski definition) is 3. The Morgan fingerprint density at radius 2 is 1.58 bits per heavy atom. The van der Waals surface area contributed by atoms with Crippen LogP contribution in [0, 0.1) is 13.8 Å². The third kappa shape index (κ3) is 2.89. The smallest absolute Gasteiger partial charge is 0.141 e. The van der Waals surface area contributed by atoms with E-state index in [9.17, 15) is 0 Å². The van der Waals surface area contributed by atoms with Gasteiger partial charge < -0.3 is 4.74 Å². The van der Waals surface area contributed by atoms with Crippen LogP contribution in [0.15, 0.2) is 85.1 Å². The molecule has 4 heterocycles. The van der Waals surface area contributed by atoms with Gasteiger partial charge in [0.25, 0.3) is 0 Å². The predicted molar refractivity (Wildman–Crippen MR) is 144 cm³/mol.